The van der Waals surface area contributed by atoms with Crippen molar-refractivity contribution in [1.29, 1.82) is 0 Å². The summed E-state index contributed by atoms with van der Waals surface area (Å²) in [6.07, 6.45) is 2.18. The number of hydrogen-bond donors (Lipinski definition) is 0. The van der Waals surface area contributed by atoms with Crippen molar-refractivity contribution < 1.29 is 4.57 Å². The number of nitrogens with zero attached hydrogens (tertiary/aromatic N) is 1. The zero-order chi connectivity index (χ0) is 12.7. The Bertz CT molecular complexity index is 725. The maximum absolute atomic E-state index is 2.22. The van der Waals surface area contributed by atoms with Crippen molar-refractivity contribution in [3.8, 4) is 10.6 Å². The van der Waals surface area contributed by atoms with E-state index in [2.05, 4.69) is 68.1 Å². The summed E-state index contributed by atoms with van der Waals surface area (Å²) in [4.78, 5) is 1.37. The van der Waals surface area contributed by atoms with E-state index in [4.69, 9.17) is 0 Å². The summed E-state index contributed by atoms with van der Waals surface area (Å²) in [6.45, 7) is 4.34. The molecule has 0 N–H and O–H groups in total. The average molecular weight is 254 g/mol. The normalized spacial score (nSPS) is 11.1. The van der Waals surface area contributed by atoms with Crippen LogP contribution in [0, 0.1) is 13.8 Å². The first kappa shape index (κ1) is 11.4. The third-order valence-electron chi connectivity index (χ3n) is 3.36. The second-order valence-corrected chi connectivity index (χ2v) is 5.81. The molecule has 2 heteroatoms. The third-order valence-corrected chi connectivity index (χ3v) is 4.65. The number of fused-ring (bicyclic) bond motifs is 1. The van der Waals surface area contributed by atoms with E-state index in [1.165, 1.54) is 31.8 Å². The fourth-order valence-electron chi connectivity index (χ4n) is 2.40. The SMILES string of the molecule is Cc1ccc(-c2sc3ccccc3c2C)[n+](C)c1. The number of rotatable bonds is 1. The van der Waals surface area contributed by atoms with Crippen molar-refractivity contribution in [2.45, 2.75) is 13.8 Å². The molecule has 1 aromatic carbocycles. The fraction of sp³-hybridized carbons (Fsp3) is 0.188. The largest absolute Gasteiger partial charge is 0.222 e. The molecule has 18 heavy (non-hydrogen) atoms. The van der Waals surface area contributed by atoms with Gasteiger partial charge >= 0.3 is 0 Å². The first-order chi connectivity index (χ1) is 8.66. The molecule has 0 spiro atoms. The van der Waals surface area contributed by atoms with Gasteiger partial charge in [0.2, 0.25) is 5.69 Å². The number of thiophene rings is 1. The molecule has 0 saturated heterocycles. The number of aryl methyl sites for hydroxylation is 3. The molecule has 0 fully saturated rings. The number of hydrogen-bond acceptors (Lipinski definition) is 1. The molecule has 3 rings (SSSR count). The van der Waals surface area contributed by atoms with E-state index in [0.717, 1.165) is 0 Å². The highest BCUT2D eigenvalue weighted by Crippen LogP contribution is 2.36. The average Bonchev–Trinajstić information content (AvgIpc) is 2.68. The Morgan fingerprint density at radius 3 is 2.50 bits per heavy atom. The van der Waals surface area contributed by atoms with Gasteiger partial charge in [-0.3, -0.25) is 0 Å². The minimum Gasteiger partial charge on any atom is -0.200 e. The van der Waals surface area contributed by atoms with Crippen LogP contribution < -0.4 is 4.57 Å². The molecule has 0 bridgehead atoms. The van der Waals surface area contributed by atoms with Crippen molar-refractivity contribution in [3.63, 3.8) is 0 Å². The summed E-state index contributed by atoms with van der Waals surface area (Å²) in [5.74, 6) is 0. The lowest BCUT2D eigenvalue weighted by atomic mass is 10.1. The maximum Gasteiger partial charge on any atom is 0.222 e. The van der Waals surface area contributed by atoms with Crippen molar-refractivity contribution in [3.05, 3.63) is 53.7 Å². The molecule has 0 saturated carbocycles. The van der Waals surface area contributed by atoms with Gasteiger partial charge in [-0.25, -0.2) is 4.57 Å². The van der Waals surface area contributed by atoms with E-state index < -0.39 is 0 Å². The molecule has 1 nitrogen and oxygen atoms in total. The molecular weight excluding hydrogens is 238 g/mol. The molecule has 0 amide bonds. The predicted molar refractivity (Wildman–Crippen MR) is 77.9 cm³/mol. The topological polar surface area (TPSA) is 3.88 Å². The van der Waals surface area contributed by atoms with Gasteiger partial charge in [0, 0.05) is 16.3 Å². The van der Waals surface area contributed by atoms with Gasteiger partial charge in [0.1, 0.15) is 11.9 Å². The van der Waals surface area contributed by atoms with Gasteiger partial charge in [-0.15, -0.1) is 11.3 Å². The highest BCUT2D eigenvalue weighted by Gasteiger charge is 2.16. The van der Waals surface area contributed by atoms with Gasteiger partial charge in [0.25, 0.3) is 0 Å². The Balaban J connectivity index is 2.28. The first-order valence-electron chi connectivity index (χ1n) is 6.11. The van der Waals surface area contributed by atoms with E-state index in [9.17, 15) is 0 Å². The molecule has 2 aromatic heterocycles. The number of aromatic nitrogens is 1. The molecular formula is C16H16NS+. The minimum atomic E-state index is 1.29. The van der Waals surface area contributed by atoms with Gasteiger partial charge in [-0.05, 0) is 36.9 Å². The summed E-state index contributed by atoms with van der Waals surface area (Å²) < 4.78 is 3.58. The monoisotopic (exact) mass is 254 g/mol. The van der Waals surface area contributed by atoms with Crippen molar-refractivity contribution in [1.82, 2.24) is 0 Å². The molecule has 3 aromatic rings. The third kappa shape index (κ3) is 1.73. The molecule has 0 aliphatic carbocycles. The second kappa shape index (κ2) is 4.21. The number of benzene rings is 1. The Kier molecular flexibility index (Phi) is 2.67. The zero-order valence-electron chi connectivity index (χ0n) is 10.9. The zero-order valence-corrected chi connectivity index (χ0v) is 11.7. The quantitative estimate of drug-likeness (QED) is 0.578. The van der Waals surface area contributed by atoms with Gasteiger partial charge in [-0.1, -0.05) is 18.2 Å². The molecule has 2 heterocycles. The van der Waals surface area contributed by atoms with Crippen LogP contribution in [0.1, 0.15) is 11.1 Å². The Morgan fingerprint density at radius 1 is 1.00 bits per heavy atom. The smallest absolute Gasteiger partial charge is 0.200 e. The van der Waals surface area contributed by atoms with Crippen LogP contribution in [0.4, 0.5) is 0 Å². The summed E-state index contributed by atoms with van der Waals surface area (Å²) in [5.41, 5.74) is 3.97. The van der Waals surface area contributed by atoms with Crippen LogP contribution in [0.15, 0.2) is 42.6 Å². The molecule has 0 atom stereocenters. The lowest BCUT2D eigenvalue weighted by Crippen LogP contribution is -2.30. The minimum absolute atomic E-state index is 1.29. The van der Waals surface area contributed by atoms with E-state index in [-0.39, 0.29) is 0 Å². The summed E-state index contributed by atoms with van der Waals surface area (Å²) in [5, 5.41) is 1.37. The van der Waals surface area contributed by atoms with Crippen LogP contribution in [0.5, 0.6) is 0 Å². The first-order valence-corrected chi connectivity index (χ1v) is 6.93. The van der Waals surface area contributed by atoms with Crippen LogP contribution in [-0.2, 0) is 7.05 Å². The molecule has 0 radical (unpaired) electrons. The summed E-state index contributed by atoms with van der Waals surface area (Å²) >= 11 is 1.88. The van der Waals surface area contributed by atoms with Crippen molar-refractivity contribution in [2.24, 2.45) is 7.05 Å². The Morgan fingerprint density at radius 2 is 1.78 bits per heavy atom. The molecule has 0 unspecified atom stereocenters. The second-order valence-electron chi connectivity index (χ2n) is 4.75. The highest BCUT2D eigenvalue weighted by atomic mass is 32.1. The van der Waals surface area contributed by atoms with Crippen molar-refractivity contribution in [2.75, 3.05) is 0 Å². The summed E-state index contributed by atoms with van der Waals surface area (Å²) in [7, 11) is 2.12. The van der Waals surface area contributed by atoms with Crippen molar-refractivity contribution >= 4 is 21.4 Å². The lowest BCUT2D eigenvalue weighted by Gasteiger charge is -1.99. The molecule has 0 aliphatic heterocycles. The van der Waals surface area contributed by atoms with E-state index in [1.807, 2.05) is 11.3 Å². The van der Waals surface area contributed by atoms with E-state index in [1.54, 1.807) is 0 Å². The molecule has 90 valence electrons. The Hall–Kier alpha value is -1.67. The summed E-state index contributed by atoms with van der Waals surface area (Å²) in [6, 6.07) is 13.0. The van der Waals surface area contributed by atoms with Gasteiger partial charge < -0.3 is 0 Å². The Labute approximate surface area is 111 Å². The highest BCUT2D eigenvalue weighted by molar-refractivity contribution is 7.22. The fourth-order valence-corrected chi connectivity index (χ4v) is 3.68. The van der Waals surface area contributed by atoms with E-state index >= 15 is 0 Å². The van der Waals surface area contributed by atoms with Crippen LogP contribution in [0.3, 0.4) is 0 Å². The van der Waals surface area contributed by atoms with Gasteiger partial charge in [0.05, 0.1) is 0 Å². The standard InChI is InChI=1S/C16H16NS/c1-11-8-9-14(17(3)10-11)16-12(2)13-6-4-5-7-15(13)18-16/h4-10H,1-3H3/q+1. The van der Waals surface area contributed by atoms with Gasteiger partial charge in [-0.2, -0.15) is 0 Å². The van der Waals surface area contributed by atoms with Crippen LogP contribution in [-0.4, -0.2) is 0 Å². The molecule has 0 aliphatic rings. The van der Waals surface area contributed by atoms with Crippen LogP contribution >= 0.6 is 11.3 Å². The predicted octanol–water partition coefficient (Wildman–Crippen LogP) is 4.01. The lowest BCUT2D eigenvalue weighted by molar-refractivity contribution is -0.660. The maximum atomic E-state index is 2.22. The van der Waals surface area contributed by atoms with E-state index in [0.29, 0.717) is 0 Å². The number of pyridine rings is 1. The van der Waals surface area contributed by atoms with Crippen LogP contribution in [0.2, 0.25) is 0 Å². The van der Waals surface area contributed by atoms with Gasteiger partial charge in [0.15, 0.2) is 6.20 Å². The van der Waals surface area contributed by atoms with Crippen LogP contribution in [0.25, 0.3) is 20.7 Å².